The van der Waals surface area contributed by atoms with Crippen LogP contribution in [0.1, 0.15) is 36.5 Å². The summed E-state index contributed by atoms with van der Waals surface area (Å²) in [5, 5.41) is 30.2. The predicted octanol–water partition coefficient (Wildman–Crippen LogP) is 0.498. The number of benzene rings is 1. The molecule has 182 valence electrons. The van der Waals surface area contributed by atoms with Crippen LogP contribution in [0.5, 0.6) is 0 Å². The topological polar surface area (TPSA) is 212 Å². The van der Waals surface area contributed by atoms with E-state index in [-0.39, 0.29) is 36.1 Å². The molecule has 2 heterocycles. The van der Waals surface area contributed by atoms with Gasteiger partial charge in [0.1, 0.15) is 11.7 Å². The molecule has 1 aromatic heterocycles. The van der Waals surface area contributed by atoms with E-state index in [1.165, 1.54) is 12.1 Å². The quantitative estimate of drug-likeness (QED) is 0.238. The number of rotatable bonds is 10. The van der Waals surface area contributed by atoms with Gasteiger partial charge in [-0.15, -0.1) is 0 Å². The van der Waals surface area contributed by atoms with Crippen molar-refractivity contribution in [3.8, 4) is 0 Å². The number of nitrogens with zero attached hydrogens (tertiary/aromatic N) is 1. The molecule has 1 aromatic carbocycles. The van der Waals surface area contributed by atoms with Crippen molar-refractivity contribution >= 4 is 41.0 Å². The smallest absolute Gasteiger partial charge is 0.333 e. The van der Waals surface area contributed by atoms with Gasteiger partial charge >= 0.3 is 11.9 Å². The molecule has 13 heteroatoms. The highest BCUT2D eigenvalue weighted by Gasteiger charge is 2.43. The van der Waals surface area contributed by atoms with Crippen molar-refractivity contribution in [3.63, 3.8) is 0 Å². The standard InChI is InChI=1S/C21H27N7O6/c1-2-3-4-13(18(31)32)25-16(29)11-5-7-12(8-6-11)23-9-21(19(33)34)10-24-15-14(28-21)17(30)27-20(22)26-15/h5-8,13,23,28H,2-4,9-10H2,1H3,(H,25,29)(H,31,32)(H,33,34)(H4,22,24,26,27,30)/t13?,21-/m0/s1. The summed E-state index contributed by atoms with van der Waals surface area (Å²) in [6.07, 6.45) is 1.82. The van der Waals surface area contributed by atoms with Crippen LogP contribution >= 0.6 is 0 Å². The number of H-pyrrole nitrogens is 1. The van der Waals surface area contributed by atoms with Crippen molar-refractivity contribution in [2.45, 2.75) is 37.8 Å². The lowest BCUT2D eigenvalue weighted by Crippen LogP contribution is -2.59. The Hall–Kier alpha value is -4.29. The molecule has 34 heavy (non-hydrogen) atoms. The number of nitrogens with one attached hydrogen (secondary N) is 5. The van der Waals surface area contributed by atoms with Gasteiger partial charge in [-0.3, -0.25) is 14.6 Å². The summed E-state index contributed by atoms with van der Waals surface area (Å²) in [6.45, 7) is 1.75. The fourth-order valence-electron chi connectivity index (χ4n) is 3.46. The van der Waals surface area contributed by atoms with Crippen LogP contribution in [0.25, 0.3) is 0 Å². The molecule has 0 spiro atoms. The number of carbonyl (C=O) groups is 3. The molecule has 3 rings (SSSR count). The minimum atomic E-state index is -1.57. The molecule has 1 aliphatic heterocycles. The van der Waals surface area contributed by atoms with Crippen molar-refractivity contribution in [2.75, 3.05) is 34.8 Å². The monoisotopic (exact) mass is 473 g/mol. The summed E-state index contributed by atoms with van der Waals surface area (Å²) in [4.78, 5) is 54.3. The van der Waals surface area contributed by atoms with Crippen LogP contribution in [0.15, 0.2) is 29.1 Å². The predicted molar refractivity (Wildman–Crippen MR) is 125 cm³/mol. The molecule has 0 saturated heterocycles. The van der Waals surface area contributed by atoms with Crippen molar-refractivity contribution in [1.29, 1.82) is 0 Å². The Morgan fingerprint density at radius 2 is 1.94 bits per heavy atom. The van der Waals surface area contributed by atoms with E-state index in [0.29, 0.717) is 18.5 Å². The first kappa shape index (κ1) is 24.4. The summed E-state index contributed by atoms with van der Waals surface area (Å²) < 4.78 is 0. The second-order valence-electron chi connectivity index (χ2n) is 7.98. The van der Waals surface area contributed by atoms with Crippen LogP contribution in [-0.2, 0) is 9.59 Å². The maximum atomic E-state index is 12.4. The number of aromatic amines is 1. The first-order valence-corrected chi connectivity index (χ1v) is 10.7. The fourth-order valence-corrected chi connectivity index (χ4v) is 3.46. The van der Waals surface area contributed by atoms with Crippen LogP contribution < -0.4 is 32.6 Å². The minimum absolute atomic E-state index is 0.0345. The number of carboxylic acids is 2. The lowest BCUT2D eigenvalue weighted by Gasteiger charge is -2.36. The molecular weight excluding hydrogens is 446 g/mol. The van der Waals surface area contributed by atoms with Gasteiger partial charge in [0.05, 0.1) is 13.1 Å². The van der Waals surface area contributed by atoms with Crippen LogP contribution in [0.4, 0.5) is 23.1 Å². The third-order valence-electron chi connectivity index (χ3n) is 5.46. The number of aromatic nitrogens is 2. The zero-order valence-corrected chi connectivity index (χ0v) is 18.5. The molecule has 1 amide bonds. The van der Waals surface area contributed by atoms with Crippen molar-refractivity contribution in [2.24, 2.45) is 0 Å². The van der Waals surface area contributed by atoms with Gasteiger partial charge < -0.3 is 37.2 Å². The number of aliphatic carboxylic acids is 2. The van der Waals surface area contributed by atoms with Gasteiger partial charge in [-0.1, -0.05) is 19.8 Å². The maximum Gasteiger partial charge on any atom is 0.333 e. The molecule has 0 fully saturated rings. The SMILES string of the molecule is CCCCC(NC(=O)c1ccc(NC[C@@]2(C(=O)O)CNc3nc(N)[nH]c(=O)c3N2)cc1)C(=O)O. The van der Waals surface area contributed by atoms with E-state index in [4.69, 9.17) is 5.73 Å². The molecule has 0 aliphatic carbocycles. The number of hydrogen-bond donors (Lipinski definition) is 8. The summed E-state index contributed by atoms with van der Waals surface area (Å²) in [5.41, 5.74) is 4.11. The molecule has 0 bridgehead atoms. The number of fused-ring (bicyclic) bond motifs is 1. The Morgan fingerprint density at radius 3 is 2.56 bits per heavy atom. The molecule has 2 atom stereocenters. The Kier molecular flexibility index (Phi) is 7.24. The fraction of sp³-hybridized carbons (Fsp3) is 0.381. The number of nitrogen functional groups attached to an aromatic ring is 1. The molecule has 1 unspecified atom stereocenters. The molecule has 0 radical (unpaired) electrons. The Bertz CT molecular complexity index is 1130. The number of carbonyl (C=O) groups excluding carboxylic acids is 1. The lowest BCUT2D eigenvalue weighted by atomic mass is 9.96. The van der Waals surface area contributed by atoms with Gasteiger partial charge in [0.2, 0.25) is 5.95 Å². The molecule has 2 aromatic rings. The number of carboxylic acid groups (broad SMARTS) is 2. The van der Waals surface area contributed by atoms with Gasteiger partial charge in [0.15, 0.2) is 11.4 Å². The van der Waals surface area contributed by atoms with Crippen LogP contribution in [0.2, 0.25) is 0 Å². The average molecular weight is 473 g/mol. The summed E-state index contributed by atoms with van der Waals surface area (Å²) in [6, 6.07) is 5.19. The van der Waals surface area contributed by atoms with E-state index in [2.05, 4.69) is 31.2 Å². The molecule has 0 saturated carbocycles. The van der Waals surface area contributed by atoms with E-state index >= 15 is 0 Å². The van der Waals surface area contributed by atoms with Gasteiger partial charge in [0, 0.05) is 11.3 Å². The number of anilines is 4. The van der Waals surface area contributed by atoms with Crippen molar-refractivity contribution < 1.29 is 24.6 Å². The normalized spacial score (nSPS) is 17.4. The Labute approximate surface area is 194 Å². The highest BCUT2D eigenvalue weighted by molar-refractivity contribution is 5.97. The number of amides is 1. The zero-order valence-electron chi connectivity index (χ0n) is 18.5. The van der Waals surface area contributed by atoms with E-state index in [0.717, 1.165) is 6.42 Å². The third kappa shape index (κ3) is 5.36. The van der Waals surface area contributed by atoms with Crippen molar-refractivity contribution in [3.05, 3.63) is 40.2 Å². The van der Waals surface area contributed by atoms with E-state index in [1.807, 2.05) is 6.92 Å². The van der Waals surface area contributed by atoms with Gasteiger partial charge in [-0.25, -0.2) is 9.59 Å². The van der Waals surface area contributed by atoms with Crippen LogP contribution in [0, 0.1) is 0 Å². The third-order valence-corrected chi connectivity index (χ3v) is 5.46. The first-order chi connectivity index (χ1) is 16.1. The molecule has 9 N–H and O–H groups in total. The molecule has 13 nitrogen and oxygen atoms in total. The van der Waals surface area contributed by atoms with Crippen LogP contribution in [-0.4, -0.2) is 62.7 Å². The second kappa shape index (κ2) is 10.1. The summed E-state index contributed by atoms with van der Waals surface area (Å²) >= 11 is 0. The highest BCUT2D eigenvalue weighted by atomic mass is 16.4. The zero-order chi connectivity index (χ0) is 24.9. The van der Waals surface area contributed by atoms with E-state index < -0.39 is 35.0 Å². The Morgan fingerprint density at radius 1 is 1.24 bits per heavy atom. The largest absolute Gasteiger partial charge is 0.480 e. The first-order valence-electron chi connectivity index (χ1n) is 10.7. The minimum Gasteiger partial charge on any atom is -0.480 e. The van der Waals surface area contributed by atoms with Crippen molar-refractivity contribution in [1.82, 2.24) is 15.3 Å². The van der Waals surface area contributed by atoms with Crippen LogP contribution in [0.3, 0.4) is 0 Å². The lowest BCUT2D eigenvalue weighted by molar-refractivity contribution is -0.141. The molecular formula is C21H27N7O6. The van der Waals surface area contributed by atoms with Gasteiger partial charge in [-0.2, -0.15) is 4.98 Å². The number of nitrogens with two attached hydrogens (primary N) is 1. The van der Waals surface area contributed by atoms with Gasteiger partial charge in [-0.05, 0) is 30.7 Å². The number of hydrogen-bond acceptors (Lipinski definition) is 9. The maximum absolute atomic E-state index is 12.4. The Balaban J connectivity index is 1.67. The highest BCUT2D eigenvalue weighted by Crippen LogP contribution is 2.26. The molecule has 1 aliphatic rings. The second-order valence-corrected chi connectivity index (χ2v) is 7.98. The van der Waals surface area contributed by atoms with E-state index in [1.54, 1.807) is 12.1 Å². The van der Waals surface area contributed by atoms with Gasteiger partial charge in [0.25, 0.3) is 11.5 Å². The summed E-state index contributed by atoms with van der Waals surface area (Å²) in [7, 11) is 0. The summed E-state index contributed by atoms with van der Waals surface area (Å²) in [5.74, 6) is -2.74. The number of unbranched alkanes of at least 4 members (excludes halogenated alkanes) is 1. The average Bonchev–Trinajstić information content (AvgIpc) is 2.80. The van der Waals surface area contributed by atoms with E-state index in [9.17, 15) is 29.4 Å².